The van der Waals surface area contributed by atoms with E-state index in [0.29, 0.717) is 25.3 Å². The Morgan fingerprint density at radius 3 is 2.64 bits per heavy atom. The maximum absolute atomic E-state index is 14.1. The van der Waals surface area contributed by atoms with Crippen LogP contribution in [0.1, 0.15) is 32.6 Å². The summed E-state index contributed by atoms with van der Waals surface area (Å²) in [5.74, 6) is -0.253. The fraction of sp³-hybridized carbons (Fsp3) is 0.316. The standard InChI is InChI=1S/C19H22FN2O2.K/c1-12-13(2)18(24-9-8-21)7-5-15(12)10-14-4-6-16(17(20)11-14)19(23)22-3;/h4-6,11H,8-10,21H2,1-3H3,(H,22,23);/q-1;+1. The van der Waals surface area contributed by atoms with Gasteiger partial charge in [0.2, 0.25) is 0 Å². The van der Waals surface area contributed by atoms with E-state index in [0.717, 1.165) is 22.3 Å². The summed E-state index contributed by atoms with van der Waals surface area (Å²) < 4.78 is 19.6. The molecule has 0 aliphatic rings. The van der Waals surface area contributed by atoms with Crippen molar-refractivity contribution in [2.45, 2.75) is 20.3 Å². The van der Waals surface area contributed by atoms with Gasteiger partial charge in [-0.25, -0.2) is 4.39 Å². The minimum Gasteiger partial charge on any atom is -0.518 e. The summed E-state index contributed by atoms with van der Waals surface area (Å²) in [6.07, 6.45) is 0.561. The summed E-state index contributed by atoms with van der Waals surface area (Å²) in [7, 11) is 1.48. The normalized spacial score (nSPS) is 10.1. The van der Waals surface area contributed by atoms with E-state index in [1.807, 2.05) is 19.9 Å². The molecule has 3 N–H and O–H groups in total. The fourth-order valence-corrected chi connectivity index (χ4v) is 2.48. The first-order valence-corrected chi connectivity index (χ1v) is 7.82. The van der Waals surface area contributed by atoms with Crippen LogP contribution in [-0.2, 0) is 6.42 Å². The van der Waals surface area contributed by atoms with Gasteiger partial charge in [0.1, 0.15) is 5.82 Å². The van der Waals surface area contributed by atoms with Crippen molar-refractivity contribution in [2.24, 2.45) is 5.73 Å². The first kappa shape index (κ1) is 22.3. The van der Waals surface area contributed by atoms with Gasteiger partial charge in [0, 0.05) is 19.3 Å². The Bertz CT molecular complexity index is 750. The predicted molar refractivity (Wildman–Crippen MR) is 91.9 cm³/mol. The maximum atomic E-state index is 14.1. The Kier molecular flexibility index (Phi) is 9.27. The van der Waals surface area contributed by atoms with E-state index in [4.69, 9.17) is 10.5 Å². The molecule has 128 valence electrons. The van der Waals surface area contributed by atoms with Gasteiger partial charge in [0.05, 0.1) is 12.2 Å². The van der Waals surface area contributed by atoms with Crippen molar-refractivity contribution in [3.63, 3.8) is 0 Å². The Balaban J connectivity index is 0.00000312. The van der Waals surface area contributed by atoms with Gasteiger partial charge in [-0.3, -0.25) is 4.79 Å². The summed E-state index contributed by atoms with van der Waals surface area (Å²) in [4.78, 5) is 11.5. The second-order valence-electron chi connectivity index (χ2n) is 5.60. The molecule has 6 heteroatoms. The number of nitrogens with two attached hydrogens (primary N) is 1. The zero-order valence-corrected chi connectivity index (χ0v) is 18.3. The SMILES string of the molecule is CNC(=O)c1ccc(Cc2c[c-]c(OCCN)c(C)c2C)cc1F.[K+]. The van der Waals surface area contributed by atoms with Gasteiger partial charge in [0.15, 0.2) is 0 Å². The molecule has 1 amide bonds. The zero-order valence-electron chi connectivity index (χ0n) is 15.2. The second-order valence-corrected chi connectivity index (χ2v) is 5.60. The molecule has 2 aromatic rings. The van der Waals surface area contributed by atoms with Gasteiger partial charge >= 0.3 is 51.4 Å². The first-order chi connectivity index (χ1) is 11.5. The van der Waals surface area contributed by atoms with Crippen LogP contribution in [0.3, 0.4) is 0 Å². The van der Waals surface area contributed by atoms with Gasteiger partial charge in [-0.1, -0.05) is 25.5 Å². The van der Waals surface area contributed by atoms with Crippen LogP contribution in [0.2, 0.25) is 0 Å². The van der Waals surface area contributed by atoms with Crippen molar-refractivity contribution >= 4 is 5.91 Å². The molecule has 0 saturated carbocycles. The third-order valence-electron chi connectivity index (χ3n) is 4.03. The van der Waals surface area contributed by atoms with Crippen molar-refractivity contribution in [1.29, 1.82) is 0 Å². The first-order valence-electron chi connectivity index (χ1n) is 7.82. The number of rotatable bonds is 6. The second kappa shape index (κ2) is 10.4. The number of carbonyl (C=O) groups is 1. The number of benzene rings is 2. The quantitative estimate of drug-likeness (QED) is 0.536. The molecule has 0 aliphatic carbocycles. The topological polar surface area (TPSA) is 64.3 Å². The molecule has 4 nitrogen and oxygen atoms in total. The molecule has 0 spiro atoms. The van der Waals surface area contributed by atoms with Crippen molar-refractivity contribution in [2.75, 3.05) is 20.2 Å². The third-order valence-corrected chi connectivity index (χ3v) is 4.03. The number of halogens is 1. The van der Waals surface area contributed by atoms with Crippen LogP contribution in [0, 0.1) is 25.7 Å². The van der Waals surface area contributed by atoms with E-state index in [2.05, 4.69) is 11.4 Å². The number of nitrogens with one attached hydrogen (secondary N) is 1. The number of hydrogen-bond acceptors (Lipinski definition) is 3. The molecule has 0 atom stereocenters. The monoisotopic (exact) mass is 368 g/mol. The van der Waals surface area contributed by atoms with Crippen molar-refractivity contribution < 1.29 is 65.3 Å². The molecule has 0 aromatic heterocycles. The van der Waals surface area contributed by atoms with Crippen LogP contribution < -0.4 is 67.2 Å². The average molecular weight is 368 g/mol. The van der Waals surface area contributed by atoms with Crippen LogP contribution in [0.15, 0.2) is 24.3 Å². The number of ether oxygens (including phenoxy) is 1. The molecular weight excluding hydrogens is 346 g/mol. The molecule has 2 rings (SSSR count). The van der Waals surface area contributed by atoms with Crippen LogP contribution in [0.4, 0.5) is 4.39 Å². The largest absolute Gasteiger partial charge is 1.00 e. The molecule has 0 saturated heterocycles. The third kappa shape index (κ3) is 5.61. The minimum atomic E-state index is -0.520. The Morgan fingerprint density at radius 2 is 2.04 bits per heavy atom. The molecule has 25 heavy (non-hydrogen) atoms. The van der Waals surface area contributed by atoms with Gasteiger partial charge in [-0.05, 0) is 18.6 Å². The molecule has 0 aliphatic heterocycles. The van der Waals surface area contributed by atoms with E-state index in [1.165, 1.54) is 19.2 Å². The summed E-state index contributed by atoms with van der Waals surface area (Å²) in [6, 6.07) is 9.65. The van der Waals surface area contributed by atoms with Gasteiger partial charge in [0.25, 0.3) is 5.91 Å². The molecule has 0 bridgehead atoms. The molecule has 2 aromatic carbocycles. The van der Waals surface area contributed by atoms with Crippen molar-refractivity contribution in [1.82, 2.24) is 5.32 Å². The van der Waals surface area contributed by atoms with Crippen LogP contribution >= 0.6 is 0 Å². The van der Waals surface area contributed by atoms with Gasteiger partial charge in [-0.2, -0.15) is 11.6 Å². The Morgan fingerprint density at radius 1 is 1.32 bits per heavy atom. The van der Waals surface area contributed by atoms with Crippen LogP contribution in [-0.4, -0.2) is 26.1 Å². The zero-order chi connectivity index (χ0) is 17.7. The number of amides is 1. The van der Waals surface area contributed by atoms with Crippen LogP contribution in [0.25, 0.3) is 0 Å². The molecule has 0 radical (unpaired) electrons. The van der Waals surface area contributed by atoms with E-state index < -0.39 is 11.7 Å². The van der Waals surface area contributed by atoms with Crippen molar-refractivity contribution in [3.05, 3.63) is 64.0 Å². The smallest absolute Gasteiger partial charge is 0.518 e. The Hall–Kier alpha value is -0.764. The fourth-order valence-electron chi connectivity index (χ4n) is 2.48. The average Bonchev–Trinajstić information content (AvgIpc) is 2.58. The van der Waals surface area contributed by atoms with Crippen molar-refractivity contribution in [3.8, 4) is 5.75 Å². The number of hydrogen-bond donors (Lipinski definition) is 2. The van der Waals surface area contributed by atoms with Crippen LogP contribution in [0.5, 0.6) is 5.75 Å². The molecule has 0 unspecified atom stereocenters. The molecule has 0 fully saturated rings. The van der Waals surface area contributed by atoms with E-state index in [1.54, 1.807) is 6.07 Å². The van der Waals surface area contributed by atoms with E-state index in [9.17, 15) is 9.18 Å². The number of carbonyl (C=O) groups excluding carboxylic acids is 1. The summed E-state index contributed by atoms with van der Waals surface area (Å²) >= 11 is 0. The minimum absolute atomic E-state index is 0. The van der Waals surface area contributed by atoms with Gasteiger partial charge in [-0.15, -0.1) is 17.2 Å². The van der Waals surface area contributed by atoms with Gasteiger partial charge < -0.3 is 15.8 Å². The molecule has 0 heterocycles. The van der Waals surface area contributed by atoms with E-state index in [-0.39, 0.29) is 56.9 Å². The summed E-state index contributed by atoms with van der Waals surface area (Å²) in [5.41, 5.74) is 9.42. The maximum Gasteiger partial charge on any atom is 1.00 e. The summed E-state index contributed by atoms with van der Waals surface area (Å²) in [5, 5.41) is 2.42. The summed E-state index contributed by atoms with van der Waals surface area (Å²) in [6.45, 7) is 4.87. The van der Waals surface area contributed by atoms with E-state index >= 15 is 0 Å². The predicted octanol–water partition coefficient (Wildman–Crippen LogP) is -0.465. The Labute approximate surface area is 190 Å². The molecular formula is C19H22FKN2O2.